The molecule has 2 N–H and O–H groups in total. The first-order valence-electron chi connectivity index (χ1n) is 10.9. The van der Waals surface area contributed by atoms with Gasteiger partial charge in [-0.25, -0.2) is 4.79 Å². The Hall–Kier alpha value is -0.990. The van der Waals surface area contributed by atoms with Crippen LogP contribution in [0.5, 0.6) is 0 Å². The summed E-state index contributed by atoms with van der Waals surface area (Å²) in [6.07, 6.45) is -0.936. The zero-order valence-electron chi connectivity index (χ0n) is 18.7. The summed E-state index contributed by atoms with van der Waals surface area (Å²) >= 11 is 1.51. The van der Waals surface area contributed by atoms with Crippen LogP contribution in [-0.2, 0) is 42.7 Å². The number of esters is 1. The van der Waals surface area contributed by atoms with Gasteiger partial charge in [0.1, 0.15) is 24.1 Å². The van der Waals surface area contributed by atoms with Crippen LogP contribution in [0.1, 0.15) is 13.8 Å². The smallest absolute Gasteiger partial charge is 0.332 e. The molecule has 0 saturated carbocycles. The summed E-state index contributed by atoms with van der Waals surface area (Å²) in [7, 11) is 0. The predicted octanol–water partition coefficient (Wildman–Crippen LogP) is -0.641. The molecule has 1 amide bonds. The van der Waals surface area contributed by atoms with Crippen molar-refractivity contribution < 1.29 is 42.7 Å². The lowest BCUT2D eigenvalue weighted by atomic mass is 9.96. The lowest BCUT2D eigenvalue weighted by Crippen LogP contribution is -2.69. The van der Waals surface area contributed by atoms with Crippen molar-refractivity contribution in [1.29, 1.82) is 0 Å². The van der Waals surface area contributed by atoms with Crippen molar-refractivity contribution in [3.05, 3.63) is 0 Å². The highest BCUT2D eigenvalue weighted by Gasteiger charge is 2.63. The van der Waals surface area contributed by atoms with Gasteiger partial charge in [-0.3, -0.25) is 4.79 Å². The minimum atomic E-state index is -0.936. The van der Waals surface area contributed by atoms with Crippen molar-refractivity contribution in [1.82, 2.24) is 4.90 Å². The maximum absolute atomic E-state index is 13.0. The molecule has 3 aliphatic rings. The van der Waals surface area contributed by atoms with E-state index in [0.29, 0.717) is 59.5 Å². The average Bonchev–Trinajstić information content (AvgIpc) is 3.02. The van der Waals surface area contributed by atoms with E-state index in [0.717, 1.165) is 0 Å². The van der Waals surface area contributed by atoms with Crippen LogP contribution in [0.25, 0.3) is 0 Å². The van der Waals surface area contributed by atoms with Crippen LogP contribution >= 0.6 is 11.8 Å². The third kappa shape index (κ3) is 6.76. The molecule has 11 nitrogen and oxygen atoms in total. The summed E-state index contributed by atoms with van der Waals surface area (Å²) in [4.78, 5) is 26.7. The first-order chi connectivity index (χ1) is 15.4. The minimum absolute atomic E-state index is 0.0336. The number of thioether (sulfide) groups is 1. The number of ether oxygens (including phenoxy) is 7. The Labute approximate surface area is 192 Å². The Morgan fingerprint density at radius 3 is 2.00 bits per heavy atom. The van der Waals surface area contributed by atoms with Crippen LogP contribution in [0.4, 0.5) is 0 Å². The molecule has 0 bridgehead atoms. The number of nitrogens with two attached hydrogens (primary N) is 1. The second kappa shape index (κ2) is 12.5. The first-order valence-corrected chi connectivity index (χ1v) is 11.8. The van der Waals surface area contributed by atoms with Gasteiger partial charge in [0.15, 0.2) is 0 Å². The van der Waals surface area contributed by atoms with Crippen LogP contribution in [0, 0.1) is 0 Å². The molecule has 3 fully saturated rings. The number of amides is 1. The van der Waals surface area contributed by atoms with E-state index in [4.69, 9.17) is 38.9 Å². The number of carbonyl (C=O) groups is 2. The third-order valence-electron chi connectivity index (χ3n) is 5.23. The summed E-state index contributed by atoms with van der Waals surface area (Å²) in [6, 6.07) is -1.32. The van der Waals surface area contributed by atoms with Crippen molar-refractivity contribution in [2.24, 2.45) is 5.73 Å². The Balaban J connectivity index is 1.52. The Morgan fingerprint density at radius 2 is 1.44 bits per heavy atom. The van der Waals surface area contributed by atoms with Crippen LogP contribution in [0.2, 0.25) is 0 Å². The number of hydrogen-bond acceptors (Lipinski definition) is 11. The van der Waals surface area contributed by atoms with E-state index in [2.05, 4.69) is 0 Å². The lowest BCUT2D eigenvalue weighted by Gasteiger charge is -2.42. The quantitative estimate of drug-likeness (QED) is 0.402. The van der Waals surface area contributed by atoms with Crippen LogP contribution < -0.4 is 5.73 Å². The molecule has 0 aromatic heterocycles. The van der Waals surface area contributed by atoms with Gasteiger partial charge in [0.2, 0.25) is 12.2 Å². The number of β-lactam (4-membered cyclic amide) rings is 1. The molecule has 3 rings (SSSR count). The number of hydrogen-bond donors (Lipinski definition) is 1. The molecule has 0 spiro atoms. The highest BCUT2D eigenvalue weighted by molar-refractivity contribution is 8.01. The SMILES string of the molecule is CC1(C)S[C@@H]2[C@H](N)C(=O)N2[C@H]1C(=O)OC1COCCOCCOCCOCCOCCO1. The standard InChI is InChI=1S/C20H34N2O9S/c1-20(2)16(22-17(23)15(21)18(22)32-20)19(24)31-14-13-29-10-9-27-6-5-25-3-4-26-7-8-28-11-12-30-14/h14-16,18H,3-13,21H2,1-2H3/t14?,15-,16+,18-/m1/s1. The van der Waals surface area contributed by atoms with Gasteiger partial charge in [-0.1, -0.05) is 0 Å². The minimum Gasteiger partial charge on any atom is -0.432 e. The van der Waals surface area contributed by atoms with E-state index < -0.39 is 29.1 Å². The van der Waals surface area contributed by atoms with Crippen molar-refractivity contribution in [3.63, 3.8) is 0 Å². The summed E-state index contributed by atoms with van der Waals surface area (Å²) < 4.78 is 38.1. The van der Waals surface area contributed by atoms with Crippen LogP contribution in [0.3, 0.4) is 0 Å². The summed E-state index contributed by atoms with van der Waals surface area (Å²) in [5.41, 5.74) is 5.88. The van der Waals surface area contributed by atoms with Gasteiger partial charge >= 0.3 is 5.97 Å². The molecule has 184 valence electrons. The molecule has 1 unspecified atom stereocenters. The molecule has 0 aliphatic carbocycles. The average molecular weight is 479 g/mol. The number of rotatable bonds is 2. The van der Waals surface area contributed by atoms with Gasteiger partial charge in [-0.15, -0.1) is 11.8 Å². The van der Waals surface area contributed by atoms with Gasteiger partial charge in [0.25, 0.3) is 0 Å². The Bertz CT molecular complexity index is 606. The van der Waals surface area contributed by atoms with Crippen molar-refractivity contribution in [3.8, 4) is 0 Å². The van der Waals surface area contributed by atoms with Gasteiger partial charge < -0.3 is 43.8 Å². The second-order valence-corrected chi connectivity index (χ2v) is 9.82. The van der Waals surface area contributed by atoms with Gasteiger partial charge in [0, 0.05) is 4.75 Å². The fourth-order valence-corrected chi connectivity index (χ4v) is 5.19. The molecule has 0 aromatic carbocycles. The molecular formula is C20H34N2O9S. The topological polar surface area (TPSA) is 128 Å². The highest BCUT2D eigenvalue weighted by atomic mass is 32.2. The lowest BCUT2D eigenvalue weighted by molar-refractivity contribution is -0.202. The summed E-state index contributed by atoms with van der Waals surface area (Å²) in [6.45, 7) is 7.81. The van der Waals surface area contributed by atoms with E-state index in [-0.39, 0.29) is 24.5 Å². The van der Waals surface area contributed by atoms with E-state index in [1.54, 1.807) is 0 Å². The van der Waals surface area contributed by atoms with E-state index in [1.807, 2.05) is 13.8 Å². The highest BCUT2D eigenvalue weighted by Crippen LogP contribution is 2.50. The molecule has 32 heavy (non-hydrogen) atoms. The van der Waals surface area contributed by atoms with E-state index in [9.17, 15) is 9.59 Å². The first kappa shape index (κ1) is 25.6. The second-order valence-electron chi connectivity index (χ2n) is 8.05. The van der Waals surface area contributed by atoms with Crippen molar-refractivity contribution in [2.75, 3.05) is 72.7 Å². The zero-order chi connectivity index (χ0) is 23.0. The van der Waals surface area contributed by atoms with Gasteiger partial charge in [0.05, 0.1) is 66.1 Å². The fraction of sp³-hybridized carbons (Fsp3) is 0.900. The molecule has 3 aliphatic heterocycles. The van der Waals surface area contributed by atoms with E-state index in [1.165, 1.54) is 16.7 Å². The Morgan fingerprint density at radius 1 is 0.938 bits per heavy atom. The summed E-state index contributed by atoms with van der Waals surface area (Å²) in [5.74, 6) is -0.780. The van der Waals surface area contributed by atoms with Crippen molar-refractivity contribution in [2.45, 2.75) is 42.3 Å². The van der Waals surface area contributed by atoms with E-state index >= 15 is 0 Å². The Kier molecular flexibility index (Phi) is 9.98. The predicted molar refractivity (Wildman–Crippen MR) is 114 cm³/mol. The third-order valence-corrected chi connectivity index (χ3v) is 6.82. The largest absolute Gasteiger partial charge is 0.432 e. The summed E-state index contributed by atoms with van der Waals surface area (Å²) in [5, 5.41) is -0.214. The molecular weight excluding hydrogens is 444 g/mol. The fourth-order valence-electron chi connectivity index (χ4n) is 3.63. The van der Waals surface area contributed by atoms with Gasteiger partial charge in [-0.2, -0.15) is 0 Å². The molecule has 12 heteroatoms. The van der Waals surface area contributed by atoms with Crippen LogP contribution in [0.15, 0.2) is 0 Å². The number of nitrogens with zero attached hydrogens (tertiary/aromatic N) is 1. The molecule has 4 atom stereocenters. The molecule has 0 radical (unpaired) electrons. The molecule has 0 aromatic rings. The number of fused-ring (bicyclic) bond motifs is 1. The maximum atomic E-state index is 13.0. The normalized spacial score (nSPS) is 33.5. The molecule has 3 saturated heterocycles. The zero-order valence-corrected chi connectivity index (χ0v) is 19.5. The van der Waals surface area contributed by atoms with Crippen molar-refractivity contribution >= 4 is 23.6 Å². The number of carbonyl (C=O) groups excluding carboxylic acids is 2. The molecule has 3 heterocycles. The van der Waals surface area contributed by atoms with Gasteiger partial charge in [-0.05, 0) is 13.8 Å². The maximum Gasteiger partial charge on any atom is 0.332 e. The monoisotopic (exact) mass is 478 g/mol. The van der Waals surface area contributed by atoms with Crippen LogP contribution in [-0.4, -0.2) is 118 Å².